The standard InChI is InChI=1S/C26H29ClN2O5S/c1-15-8-6-9-17(27)21(15)28-12-7-11-26-20(23(31)29(16(2)14-30)22(26)24(28)32)19-18(35-26)10-4-3-5-13-34-25(19)33/h4,6-11,16,18-20,22,30H,3,5,12-14H2,1-2H3/b10-4-/t16-,18-,19+,20+,22?,26+/m1/s1. The van der Waals surface area contributed by atoms with E-state index >= 15 is 0 Å². The molecule has 4 aliphatic heterocycles. The highest BCUT2D eigenvalue weighted by atomic mass is 35.5. The number of anilines is 1. The molecule has 1 aromatic carbocycles. The van der Waals surface area contributed by atoms with Crippen molar-refractivity contribution in [2.75, 3.05) is 24.7 Å². The zero-order valence-corrected chi connectivity index (χ0v) is 21.3. The number of rotatable bonds is 3. The molecule has 1 unspecified atom stereocenters. The topological polar surface area (TPSA) is 87.2 Å². The highest BCUT2D eigenvalue weighted by Crippen LogP contribution is 2.61. The average Bonchev–Trinajstić information content (AvgIpc) is 3.25. The van der Waals surface area contributed by atoms with Gasteiger partial charge >= 0.3 is 5.97 Å². The van der Waals surface area contributed by atoms with Gasteiger partial charge in [0.25, 0.3) is 5.91 Å². The summed E-state index contributed by atoms with van der Waals surface area (Å²) in [6.07, 6.45) is 9.41. The molecule has 0 radical (unpaired) electrons. The third kappa shape index (κ3) is 3.72. The molecule has 35 heavy (non-hydrogen) atoms. The number of allylic oxidation sites excluding steroid dienone is 1. The minimum absolute atomic E-state index is 0.265. The van der Waals surface area contributed by atoms with Crippen molar-refractivity contribution < 1.29 is 24.2 Å². The molecule has 0 aromatic heterocycles. The van der Waals surface area contributed by atoms with Crippen molar-refractivity contribution in [1.82, 2.24) is 4.90 Å². The summed E-state index contributed by atoms with van der Waals surface area (Å²) in [6.45, 7) is 3.92. The number of hydrogen-bond acceptors (Lipinski definition) is 6. The molecule has 1 aromatic rings. The molecule has 0 aliphatic carbocycles. The number of esters is 1. The molecule has 6 atom stereocenters. The van der Waals surface area contributed by atoms with E-state index in [1.54, 1.807) is 17.9 Å². The first-order valence-corrected chi connectivity index (χ1v) is 13.3. The van der Waals surface area contributed by atoms with Crippen LogP contribution < -0.4 is 4.90 Å². The summed E-state index contributed by atoms with van der Waals surface area (Å²) >= 11 is 8.04. The van der Waals surface area contributed by atoms with Crippen molar-refractivity contribution in [2.24, 2.45) is 11.8 Å². The molecule has 2 fully saturated rings. The van der Waals surface area contributed by atoms with Gasteiger partial charge in [0.15, 0.2) is 0 Å². The van der Waals surface area contributed by atoms with Gasteiger partial charge in [0.2, 0.25) is 5.91 Å². The molecule has 2 amide bonds. The molecule has 1 spiro atoms. The van der Waals surface area contributed by atoms with Crippen molar-refractivity contribution >= 4 is 46.8 Å². The third-order valence-electron chi connectivity index (χ3n) is 7.49. The molecule has 2 saturated heterocycles. The van der Waals surface area contributed by atoms with Gasteiger partial charge in [-0.15, -0.1) is 11.8 Å². The van der Waals surface area contributed by atoms with E-state index in [1.165, 1.54) is 16.7 Å². The van der Waals surface area contributed by atoms with Crippen LogP contribution in [0.5, 0.6) is 0 Å². The van der Waals surface area contributed by atoms with Gasteiger partial charge in [-0.3, -0.25) is 14.4 Å². The number of aliphatic hydroxyl groups is 1. The number of benzene rings is 1. The molecule has 0 bridgehead atoms. The number of halogens is 1. The number of hydrogen-bond donors (Lipinski definition) is 1. The smallest absolute Gasteiger partial charge is 0.311 e. The molecular formula is C26H29ClN2O5S. The van der Waals surface area contributed by atoms with Gasteiger partial charge in [-0.2, -0.15) is 0 Å². The minimum Gasteiger partial charge on any atom is -0.465 e. The van der Waals surface area contributed by atoms with Crippen molar-refractivity contribution in [1.29, 1.82) is 0 Å². The predicted octanol–water partition coefficient (Wildman–Crippen LogP) is 3.12. The number of fused-ring (bicyclic) bond motifs is 2. The monoisotopic (exact) mass is 516 g/mol. The van der Waals surface area contributed by atoms with Crippen LogP contribution in [0.15, 0.2) is 42.5 Å². The number of amides is 2. The van der Waals surface area contributed by atoms with E-state index in [0.717, 1.165) is 18.4 Å². The SMILES string of the molecule is Cc1cccc(Cl)c1N1CC=C[C@]23S[C@@H]4/C=C\CCCOC(=O)[C@@H]4[C@H]2C(=O)N([C@H](C)CO)C3C1=O. The highest BCUT2D eigenvalue weighted by molar-refractivity contribution is 8.02. The summed E-state index contributed by atoms with van der Waals surface area (Å²) in [6, 6.07) is 3.99. The van der Waals surface area contributed by atoms with E-state index in [9.17, 15) is 19.5 Å². The normalized spacial score (nSPS) is 34.2. The molecule has 7 nitrogen and oxygen atoms in total. The Balaban J connectivity index is 1.66. The Morgan fingerprint density at radius 3 is 2.80 bits per heavy atom. The minimum atomic E-state index is -0.959. The molecule has 9 heteroatoms. The fourth-order valence-corrected chi connectivity index (χ4v) is 8.23. The lowest BCUT2D eigenvalue weighted by Gasteiger charge is -2.37. The Morgan fingerprint density at radius 2 is 2.06 bits per heavy atom. The number of para-hydroxylation sites is 1. The Morgan fingerprint density at radius 1 is 1.26 bits per heavy atom. The van der Waals surface area contributed by atoms with E-state index in [2.05, 4.69) is 0 Å². The van der Waals surface area contributed by atoms with Crippen LogP contribution in [-0.4, -0.2) is 69.6 Å². The second-order valence-electron chi connectivity index (χ2n) is 9.61. The van der Waals surface area contributed by atoms with Gasteiger partial charge in [0.1, 0.15) is 6.04 Å². The van der Waals surface area contributed by atoms with E-state index in [4.69, 9.17) is 16.3 Å². The Hall–Kier alpha value is -2.29. The van der Waals surface area contributed by atoms with E-state index in [-0.39, 0.29) is 23.7 Å². The van der Waals surface area contributed by atoms with Crippen LogP contribution in [0.1, 0.15) is 25.3 Å². The number of carbonyl (C=O) groups excluding carboxylic acids is 3. The summed E-state index contributed by atoms with van der Waals surface area (Å²) in [5.74, 6) is -2.42. The molecule has 186 valence electrons. The largest absolute Gasteiger partial charge is 0.465 e. The zero-order valence-electron chi connectivity index (χ0n) is 19.7. The van der Waals surface area contributed by atoms with Crippen molar-refractivity contribution in [3.05, 3.63) is 53.1 Å². The number of thioether (sulfide) groups is 1. The van der Waals surface area contributed by atoms with Gasteiger partial charge in [0.05, 0.1) is 46.5 Å². The Labute approximate surface area is 214 Å². The van der Waals surface area contributed by atoms with Gasteiger partial charge in [0, 0.05) is 11.8 Å². The van der Waals surface area contributed by atoms with Crippen molar-refractivity contribution in [3.63, 3.8) is 0 Å². The number of cyclic esters (lactones) is 1. The quantitative estimate of drug-likeness (QED) is 0.490. The van der Waals surface area contributed by atoms with Crippen molar-refractivity contribution in [2.45, 2.75) is 48.8 Å². The molecule has 0 saturated carbocycles. The van der Waals surface area contributed by atoms with Crippen LogP contribution in [0.4, 0.5) is 5.69 Å². The van der Waals surface area contributed by atoms with Gasteiger partial charge in [-0.05, 0) is 38.3 Å². The third-order valence-corrected chi connectivity index (χ3v) is 9.54. The van der Waals surface area contributed by atoms with Crippen LogP contribution in [-0.2, 0) is 19.1 Å². The van der Waals surface area contributed by atoms with E-state index in [1.807, 2.05) is 43.4 Å². The number of aryl methyl sites for hydroxylation is 1. The number of carbonyl (C=O) groups is 3. The number of likely N-dealkylation sites (tertiary alicyclic amines) is 1. The molecule has 5 rings (SSSR count). The summed E-state index contributed by atoms with van der Waals surface area (Å²) in [5.41, 5.74) is 1.46. The molecule has 4 heterocycles. The second kappa shape index (κ2) is 9.30. The van der Waals surface area contributed by atoms with Crippen LogP contribution in [0, 0.1) is 18.8 Å². The Bertz CT molecular complexity index is 1100. The highest BCUT2D eigenvalue weighted by Gasteiger charge is 2.71. The Kier molecular flexibility index (Phi) is 6.48. The van der Waals surface area contributed by atoms with Crippen LogP contribution >= 0.6 is 23.4 Å². The maximum absolute atomic E-state index is 14.3. The van der Waals surface area contributed by atoms with E-state index < -0.39 is 34.6 Å². The maximum Gasteiger partial charge on any atom is 0.311 e. The van der Waals surface area contributed by atoms with Gasteiger partial charge in [-0.1, -0.05) is 48.0 Å². The maximum atomic E-state index is 14.3. The first-order valence-electron chi connectivity index (χ1n) is 12.0. The summed E-state index contributed by atoms with van der Waals surface area (Å²) in [5, 5.41) is 10.2. The number of ether oxygens (including phenoxy) is 1. The van der Waals surface area contributed by atoms with Crippen molar-refractivity contribution in [3.8, 4) is 0 Å². The first-order chi connectivity index (χ1) is 16.8. The lowest BCUT2D eigenvalue weighted by molar-refractivity contribution is -0.153. The average molecular weight is 517 g/mol. The first kappa shape index (κ1) is 24.4. The number of nitrogens with zero attached hydrogens (tertiary/aromatic N) is 2. The summed E-state index contributed by atoms with van der Waals surface area (Å²) in [7, 11) is 0. The van der Waals surface area contributed by atoms with Crippen LogP contribution in [0.3, 0.4) is 0 Å². The van der Waals surface area contributed by atoms with Gasteiger partial charge in [-0.25, -0.2) is 0 Å². The molecule has 4 aliphatic rings. The summed E-state index contributed by atoms with van der Waals surface area (Å²) < 4.78 is 4.60. The lowest BCUT2D eigenvalue weighted by Crippen LogP contribution is -2.56. The summed E-state index contributed by atoms with van der Waals surface area (Å²) in [4.78, 5) is 44.7. The zero-order chi connectivity index (χ0) is 24.9. The van der Waals surface area contributed by atoms with Crippen LogP contribution in [0.25, 0.3) is 0 Å². The fourth-order valence-electron chi connectivity index (χ4n) is 5.92. The fraction of sp³-hybridized carbons (Fsp3) is 0.500. The molecular weight excluding hydrogens is 488 g/mol. The second-order valence-corrected chi connectivity index (χ2v) is 11.5. The molecule has 1 N–H and O–H groups in total. The lowest BCUT2D eigenvalue weighted by atomic mass is 9.78. The predicted molar refractivity (Wildman–Crippen MR) is 135 cm³/mol. The van der Waals surface area contributed by atoms with Crippen LogP contribution in [0.2, 0.25) is 5.02 Å². The van der Waals surface area contributed by atoms with E-state index in [0.29, 0.717) is 23.9 Å². The van der Waals surface area contributed by atoms with Gasteiger partial charge < -0.3 is 19.6 Å². The number of aliphatic hydroxyl groups excluding tert-OH is 1.